The van der Waals surface area contributed by atoms with Gasteiger partial charge in [-0.2, -0.15) is 5.10 Å². The number of nitrogens with one attached hydrogen (secondary N) is 2. The fourth-order valence-corrected chi connectivity index (χ4v) is 3.17. The molecular formula is C19H19N3O2. The molecular weight excluding hydrogens is 302 g/mol. The zero-order chi connectivity index (χ0) is 16.5. The van der Waals surface area contributed by atoms with Crippen LogP contribution in [0.25, 0.3) is 11.3 Å². The predicted octanol–water partition coefficient (Wildman–Crippen LogP) is 3.61. The van der Waals surface area contributed by atoms with E-state index < -0.39 is 0 Å². The molecule has 5 nitrogen and oxygen atoms in total. The fourth-order valence-electron chi connectivity index (χ4n) is 3.17. The van der Waals surface area contributed by atoms with Crippen molar-refractivity contribution < 1.29 is 9.47 Å². The lowest BCUT2D eigenvalue weighted by atomic mass is 10.1. The molecule has 1 heterocycles. The third kappa shape index (κ3) is 2.38. The van der Waals surface area contributed by atoms with Gasteiger partial charge in [-0.25, -0.2) is 0 Å². The Hall–Kier alpha value is -2.95. The molecule has 0 aliphatic heterocycles. The van der Waals surface area contributed by atoms with E-state index in [0.717, 1.165) is 41.5 Å². The molecule has 5 heteroatoms. The van der Waals surface area contributed by atoms with E-state index in [1.165, 1.54) is 16.7 Å². The third-order valence-electron chi connectivity index (χ3n) is 4.41. The summed E-state index contributed by atoms with van der Waals surface area (Å²) in [6, 6.07) is 14.4. The SMILES string of the molecule is COc1cc2c(cc1OC)-c1n[nH]c(NCc3ccccc3)c1C2. The van der Waals surface area contributed by atoms with E-state index in [-0.39, 0.29) is 0 Å². The zero-order valence-electron chi connectivity index (χ0n) is 13.7. The Balaban J connectivity index is 1.62. The highest BCUT2D eigenvalue weighted by Gasteiger charge is 2.26. The number of benzene rings is 2. The van der Waals surface area contributed by atoms with Crippen LogP contribution in [0.15, 0.2) is 42.5 Å². The minimum atomic E-state index is 0.728. The number of H-pyrrole nitrogens is 1. The van der Waals surface area contributed by atoms with Gasteiger partial charge in [0.2, 0.25) is 0 Å². The summed E-state index contributed by atoms with van der Waals surface area (Å²) in [5, 5.41) is 11.1. The fraction of sp³-hybridized carbons (Fsp3) is 0.211. The summed E-state index contributed by atoms with van der Waals surface area (Å²) in [4.78, 5) is 0. The Kier molecular flexibility index (Phi) is 3.61. The average molecular weight is 321 g/mol. The molecule has 0 bridgehead atoms. The van der Waals surface area contributed by atoms with Gasteiger partial charge < -0.3 is 14.8 Å². The highest BCUT2D eigenvalue weighted by Crippen LogP contribution is 2.43. The van der Waals surface area contributed by atoms with E-state index in [2.05, 4.69) is 27.6 Å². The number of hydrogen-bond acceptors (Lipinski definition) is 4. The molecule has 0 unspecified atom stereocenters. The van der Waals surface area contributed by atoms with Crippen molar-refractivity contribution in [2.45, 2.75) is 13.0 Å². The highest BCUT2D eigenvalue weighted by molar-refractivity contribution is 5.80. The molecule has 2 N–H and O–H groups in total. The van der Waals surface area contributed by atoms with Gasteiger partial charge in [0.1, 0.15) is 5.82 Å². The molecule has 24 heavy (non-hydrogen) atoms. The first-order chi connectivity index (χ1) is 11.8. The molecule has 122 valence electrons. The molecule has 0 fully saturated rings. The average Bonchev–Trinajstić information content (AvgIpc) is 3.18. The topological polar surface area (TPSA) is 59.2 Å². The normalized spacial score (nSPS) is 11.8. The summed E-state index contributed by atoms with van der Waals surface area (Å²) < 4.78 is 10.8. The van der Waals surface area contributed by atoms with Crippen LogP contribution in [0.4, 0.5) is 5.82 Å². The molecule has 2 aromatic carbocycles. The van der Waals surface area contributed by atoms with Crippen molar-refractivity contribution in [3.8, 4) is 22.8 Å². The van der Waals surface area contributed by atoms with Gasteiger partial charge in [-0.15, -0.1) is 0 Å². The second-order valence-electron chi connectivity index (χ2n) is 5.81. The van der Waals surface area contributed by atoms with Gasteiger partial charge in [0.05, 0.1) is 19.9 Å². The molecule has 0 saturated carbocycles. The van der Waals surface area contributed by atoms with Gasteiger partial charge >= 0.3 is 0 Å². The molecule has 1 aromatic heterocycles. The minimum Gasteiger partial charge on any atom is -0.493 e. The summed E-state index contributed by atoms with van der Waals surface area (Å²) in [6.45, 7) is 0.762. The number of aromatic amines is 1. The molecule has 0 atom stereocenters. The van der Waals surface area contributed by atoms with E-state index >= 15 is 0 Å². The maximum atomic E-state index is 5.41. The predicted molar refractivity (Wildman–Crippen MR) is 93.7 cm³/mol. The van der Waals surface area contributed by atoms with Crippen LogP contribution < -0.4 is 14.8 Å². The van der Waals surface area contributed by atoms with Crippen molar-refractivity contribution in [3.63, 3.8) is 0 Å². The Morgan fingerprint density at radius 3 is 2.58 bits per heavy atom. The van der Waals surface area contributed by atoms with Crippen LogP contribution in [0, 0.1) is 0 Å². The van der Waals surface area contributed by atoms with Gasteiger partial charge in [-0.3, -0.25) is 5.10 Å². The molecule has 1 aliphatic carbocycles. The van der Waals surface area contributed by atoms with Crippen LogP contribution in [0.1, 0.15) is 16.7 Å². The number of anilines is 1. The van der Waals surface area contributed by atoms with Crippen LogP contribution in [0.2, 0.25) is 0 Å². The lowest BCUT2D eigenvalue weighted by Crippen LogP contribution is -2.01. The number of fused-ring (bicyclic) bond motifs is 3. The largest absolute Gasteiger partial charge is 0.493 e. The lowest BCUT2D eigenvalue weighted by molar-refractivity contribution is 0.355. The molecule has 0 radical (unpaired) electrons. The minimum absolute atomic E-state index is 0.728. The molecule has 3 aromatic rings. The van der Waals surface area contributed by atoms with Crippen molar-refractivity contribution in [2.24, 2.45) is 0 Å². The van der Waals surface area contributed by atoms with E-state index in [1.807, 2.05) is 30.3 Å². The van der Waals surface area contributed by atoms with E-state index in [9.17, 15) is 0 Å². The van der Waals surface area contributed by atoms with Crippen LogP contribution in [0.3, 0.4) is 0 Å². The summed E-state index contributed by atoms with van der Waals surface area (Å²) >= 11 is 0. The first-order valence-corrected chi connectivity index (χ1v) is 7.90. The molecule has 1 aliphatic rings. The third-order valence-corrected chi connectivity index (χ3v) is 4.41. The van der Waals surface area contributed by atoms with Crippen LogP contribution in [0.5, 0.6) is 11.5 Å². The summed E-state index contributed by atoms with van der Waals surface area (Å²) in [6.07, 6.45) is 0.832. The van der Waals surface area contributed by atoms with E-state index in [0.29, 0.717) is 0 Å². The highest BCUT2D eigenvalue weighted by atomic mass is 16.5. The van der Waals surface area contributed by atoms with Crippen molar-refractivity contribution in [1.82, 2.24) is 10.2 Å². The Bertz CT molecular complexity index is 872. The first kappa shape index (κ1) is 14.6. The Morgan fingerprint density at radius 2 is 1.83 bits per heavy atom. The van der Waals surface area contributed by atoms with Gasteiger partial charge in [0.15, 0.2) is 11.5 Å². The summed E-state index contributed by atoms with van der Waals surface area (Å²) in [5.74, 6) is 2.46. The van der Waals surface area contributed by atoms with Gasteiger partial charge in [-0.1, -0.05) is 30.3 Å². The van der Waals surface area contributed by atoms with Crippen molar-refractivity contribution in [2.75, 3.05) is 19.5 Å². The number of aromatic nitrogens is 2. The number of methoxy groups -OCH3 is 2. The van der Waals surface area contributed by atoms with E-state index in [4.69, 9.17) is 9.47 Å². The Morgan fingerprint density at radius 1 is 1.08 bits per heavy atom. The maximum absolute atomic E-state index is 5.41. The van der Waals surface area contributed by atoms with Crippen LogP contribution in [-0.2, 0) is 13.0 Å². The standard InChI is InChI=1S/C19H19N3O2/c1-23-16-9-13-8-15-18(14(13)10-17(16)24-2)21-22-19(15)20-11-12-6-4-3-5-7-12/h3-7,9-10H,8,11H2,1-2H3,(H2,20,21,22). The number of hydrogen-bond donors (Lipinski definition) is 2. The molecule has 0 amide bonds. The van der Waals surface area contributed by atoms with Crippen LogP contribution in [-0.4, -0.2) is 24.4 Å². The monoisotopic (exact) mass is 321 g/mol. The van der Waals surface area contributed by atoms with Gasteiger partial charge in [0.25, 0.3) is 0 Å². The summed E-state index contributed by atoms with van der Waals surface area (Å²) in [7, 11) is 3.31. The molecule has 0 spiro atoms. The van der Waals surface area contributed by atoms with Crippen molar-refractivity contribution in [1.29, 1.82) is 0 Å². The van der Waals surface area contributed by atoms with Crippen molar-refractivity contribution in [3.05, 3.63) is 59.2 Å². The second-order valence-corrected chi connectivity index (χ2v) is 5.81. The van der Waals surface area contributed by atoms with Gasteiger partial charge in [-0.05, 0) is 23.3 Å². The quantitative estimate of drug-likeness (QED) is 0.589. The maximum Gasteiger partial charge on any atom is 0.161 e. The Labute approximate surface area is 140 Å². The molecule has 4 rings (SSSR count). The lowest BCUT2D eigenvalue weighted by Gasteiger charge is -2.10. The smallest absolute Gasteiger partial charge is 0.161 e. The number of rotatable bonds is 5. The van der Waals surface area contributed by atoms with Crippen LogP contribution >= 0.6 is 0 Å². The van der Waals surface area contributed by atoms with Crippen molar-refractivity contribution >= 4 is 5.82 Å². The van der Waals surface area contributed by atoms with E-state index in [1.54, 1.807) is 14.2 Å². The zero-order valence-corrected chi connectivity index (χ0v) is 13.7. The molecule has 0 saturated heterocycles. The summed E-state index contributed by atoms with van der Waals surface area (Å²) in [5.41, 5.74) is 5.73. The number of nitrogens with zero attached hydrogens (tertiary/aromatic N) is 1. The second kappa shape index (κ2) is 5.92. The first-order valence-electron chi connectivity index (χ1n) is 7.90. The van der Waals surface area contributed by atoms with Gasteiger partial charge in [0, 0.05) is 24.1 Å². The number of ether oxygens (including phenoxy) is 2.